The highest BCUT2D eigenvalue weighted by molar-refractivity contribution is 5.95. The fraction of sp³-hybridized carbons (Fsp3) is 0.316. The van der Waals surface area contributed by atoms with Crippen LogP contribution in [0.15, 0.2) is 42.7 Å². The number of carbonyl (C=O) groups is 2. The number of pyridine rings is 1. The van der Waals surface area contributed by atoms with Crippen LogP contribution >= 0.6 is 0 Å². The average Bonchev–Trinajstić information content (AvgIpc) is 2.56. The Morgan fingerprint density at radius 2 is 2.04 bits per heavy atom. The number of amides is 1. The Labute approximate surface area is 140 Å². The lowest BCUT2D eigenvalue weighted by molar-refractivity contribution is -0.139. The molecule has 24 heavy (non-hydrogen) atoms. The summed E-state index contributed by atoms with van der Waals surface area (Å²) < 4.78 is 0. The molecule has 1 aromatic carbocycles. The number of nitrogens with zero attached hydrogens (tertiary/aromatic N) is 1. The van der Waals surface area contributed by atoms with E-state index >= 15 is 0 Å². The normalized spacial score (nSPS) is 19.4. The van der Waals surface area contributed by atoms with E-state index in [1.165, 1.54) is 0 Å². The number of rotatable bonds is 5. The van der Waals surface area contributed by atoms with Crippen LogP contribution in [0.2, 0.25) is 0 Å². The van der Waals surface area contributed by atoms with Gasteiger partial charge in [0, 0.05) is 24.0 Å². The Hall–Kier alpha value is -2.69. The summed E-state index contributed by atoms with van der Waals surface area (Å²) in [6.45, 7) is 2.02. The van der Waals surface area contributed by atoms with Gasteiger partial charge < -0.3 is 10.4 Å². The SMILES string of the molecule is Cc1cccc(-c2cncc(C(=O)N[C@@H]3CC[C@@H]3CC(=O)O)c2)c1. The molecular formula is C19H20N2O3. The molecule has 1 heterocycles. The number of benzene rings is 1. The molecule has 1 fully saturated rings. The van der Waals surface area contributed by atoms with Crippen molar-refractivity contribution >= 4 is 11.9 Å². The first-order valence-corrected chi connectivity index (χ1v) is 8.07. The molecule has 0 saturated heterocycles. The van der Waals surface area contributed by atoms with Gasteiger partial charge in [-0.1, -0.05) is 29.8 Å². The van der Waals surface area contributed by atoms with Crippen LogP contribution < -0.4 is 5.32 Å². The lowest BCUT2D eigenvalue weighted by Crippen LogP contribution is -2.47. The lowest BCUT2D eigenvalue weighted by Gasteiger charge is -2.36. The van der Waals surface area contributed by atoms with Crippen LogP contribution in [0, 0.1) is 12.8 Å². The van der Waals surface area contributed by atoms with Crippen molar-refractivity contribution < 1.29 is 14.7 Å². The van der Waals surface area contributed by atoms with Gasteiger partial charge in [-0.2, -0.15) is 0 Å². The van der Waals surface area contributed by atoms with Gasteiger partial charge in [-0.3, -0.25) is 14.6 Å². The van der Waals surface area contributed by atoms with Gasteiger partial charge in [0.15, 0.2) is 0 Å². The largest absolute Gasteiger partial charge is 0.481 e. The number of carbonyl (C=O) groups excluding carboxylic acids is 1. The minimum atomic E-state index is -0.818. The first-order valence-electron chi connectivity index (χ1n) is 8.07. The number of carboxylic acid groups (broad SMARTS) is 1. The molecule has 1 amide bonds. The summed E-state index contributed by atoms with van der Waals surface area (Å²) in [6.07, 6.45) is 5.06. The number of aromatic nitrogens is 1. The summed E-state index contributed by atoms with van der Waals surface area (Å²) in [4.78, 5) is 27.4. The third kappa shape index (κ3) is 3.62. The molecule has 1 saturated carbocycles. The molecule has 0 bridgehead atoms. The number of carboxylic acids is 1. The Kier molecular flexibility index (Phi) is 4.60. The highest BCUT2D eigenvalue weighted by Crippen LogP contribution is 2.30. The Morgan fingerprint density at radius 3 is 2.71 bits per heavy atom. The first-order chi connectivity index (χ1) is 11.5. The fourth-order valence-electron chi connectivity index (χ4n) is 3.03. The molecule has 0 unspecified atom stereocenters. The van der Waals surface area contributed by atoms with Crippen molar-refractivity contribution in [3.05, 3.63) is 53.9 Å². The zero-order valence-electron chi connectivity index (χ0n) is 13.5. The van der Waals surface area contributed by atoms with Gasteiger partial charge in [-0.05, 0) is 37.3 Å². The van der Waals surface area contributed by atoms with E-state index in [-0.39, 0.29) is 24.3 Å². The van der Waals surface area contributed by atoms with Crippen LogP contribution in [0.5, 0.6) is 0 Å². The second-order valence-electron chi connectivity index (χ2n) is 6.35. The van der Waals surface area contributed by atoms with E-state index in [1.807, 2.05) is 37.3 Å². The zero-order chi connectivity index (χ0) is 17.1. The topological polar surface area (TPSA) is 79.3 Å². The average molecular weight is 324 g/mol. The van der Waals surface area contributed by atoms with Gasteiger partial charge in [0.05, 0.1) is 12.0 Å². The molecule has 0 spiro atoms. The molecule has 1 aliphatic carbocycles. The summed E-state index contributed by atoms with van der Waals surface area (Å²) in [5, 5.41) is 11.8. The molecule has 2 atom stereocenters. The van der Waals surface area contributed by atoms with Crippen molar-refractivity contribution in [2.24, 2.45) is 5.92 Å². The summed E-state index contributed by atoms with van der Waals surface area (Å²) in [5.41, 5.74) is 3.55. The quantitative estimate of drug-likeness (QED) is 0.886. The minimum Gasteiger partial charge on any atom is -0.481 e. The molecule has 2 aromatic rings. The minimum absolute atomic E-state index is 0.0272. The predicted octanol–water partition coefficient (Wildman–Crippen LogP) is 3.04. The standard InChI is InChI=1S/C19H20N2O3/c1-12-3-2-4-13(7-12)15-8-16(11-20-10-15)19(24)21-17-6-5-14(17)9-18(22)23/h2-4,7-8,10-11,14,17H,5-6,9H2,1H3,(H,21,24)(H,22,23)/t14-,17-/m1/s1. The molecule has 5 heteroatoms. The maximum absolute atomic E-state index is 12.4. The van der Waals surface area contributed by atoms with Gasteiger partial charge in [0.25, 0.3) is 5.91 Å². The van der Waals surface area contributed by atoms with Crippen molar-refractivity contribution in [1.29, 1.82) is 0 Å². The summed E-state index contributed by atoms with van der Waals surface area (Å²) in [5.74, 6) is -0.987. The van der Waals surface area contributed by atoms with E-state index in [4.69, 9.17) is 5.11 Å². The molecule has 1 aliphatic rings. The molecule has 1 aromatic heterocycles. The maximum atomic E-state index is 12.4. The van der Waals surface area contributed by atoms with Crippen LogP contribution in [0.1, 0.15) is 35.2 Å². The van der Waals surface area contributed by atoms with Crippen LogP contribution in [-0.4, -0.2) is 28.0 Å². The van der Waals surface area contributed by atoms with E-state index in [9.17, 15) is 9.59 Å². The van der Waals surface area contributed by atoms with Crippen molar-refractivity contribution in [2.75, 3.05) is 0 Å². The summed E-state index contributed by atoms with van der Waals surface area (Å²) >= 11 is 0. The molecule has 124 valence electrons. The summed E-state index contributed by atoms with van der Waals surface area (Å²) in [6, 6.07) is 9.79. The zero-order valence-corrected chi connectivity index (χ0v) is 13.5. The second-order valence-corrected chi connectivity index (χ2v) is 6.35. The van der Waals surface area contributed by atoms with Crippen LogP contribution in [0.3, 0.4) is 0 Å². The van der Waals surface area contributed by atoms with Gasteiger partial charge in [-0.15, -0.1) is 0 Å². The van der Waals surface area contributed by atoms with E-state index < -0.39 is 5.97 Å². The van der Waals surface area contributed by atoms with E-state index in [1.54, 1.807) is 12.4 Å². The molecule has 0 aliphatic heterocycles. The third-order valence-electron chi connectivity index (χ3n) is 4.52. The molecule has 5 nitrogen and oxygen atoms in total. The van der Waals surface area contributed by atoms with Crippen molar-refractivity contribution in [1.82, 2.24) is 10.3 Å². The highest BCUT2D eigenvalue weighted by Gasteiger charge is 2.33. The second kappa shape index (κ2) is 6.83. The van der Waals surface area contributed by atoms with Gasteiger partial charge in [-0.25, -0.2) is 0 Å². The molecule has 0 radical (unpaired) electrons. The van der Waals surface area contributed by atoms with Gasteiger partial charge >= 0.3 is 5.97 Å². The van der Waals surface area contributed by atoms with Crippen molar-refractivity contribution in [2.45, 2.75) is 32.2 Å². The van der Waals surface area contributed by atoms with Gasteiger partial charge in [0.1, 0.15) is 0 Å². The monoisotopic (exact) mass is 324 g/mol. The first kappa shape index (κ1) is 16.2. The number of hydrogen-bond acceptors (Lipinski definition) is 3. The molecular weight excluding hydrogens is 304 g/mol. The maximum Gasteiger partial charge on any atom is 0.303 e. The van der Waals surface area contributed by atoms with E-state index in [2.05, 4.69) is 10.3 Å². The van der Waals surface area contributed by atoms with Crippen LogP contribution in [0.4, 0.5) is 0 Å². The fourth-order valence-corrected chi connectivity index (χ4v) is 3.03. The highest BCUT2D eigenvalue weighted by atomic mass is 16.4. The van der Waals surface area contributed by atoms with Gasteiger partial charge in [0.2, 0.25) is 0 Å². The van der Waals surface area contributed by atoms with Crippen LogP contribution in [0.25, 0.3) is 11.1 Å². The lowest BCUT2D eigenvalue weighted by atomic mass is 9.77. The predicted molar refractivity (Wildman–Crippen MR) is 90.6 cm³/mol. The number of nitrogens with one attached hydrogen (secondary N) is 1. The van der Waals surface area contributed by atoms with Crippen molar-refractivity contribution in [3.8, 4) is 11.1 Å². The number of aliphatic carboxylic acids is 1. The van der Waals surface area contributed by atoms with Crippen molar-refractivity contribution in [3.63, 3.8) is 0 Å². The Bertz CT molecular complexity index is 773. The van der Waals surface area contributed by atoms with Crippen LogP contribution in [-0.2, 0) is 4.79 Å². The number of hydrogen-bond donors (Lipinski definition) is 2. The molecule has 3 rings (SSSR count). The smallest absolute Gasteiger partial charge is 0.303 e. The number of aryl methyl sites for hydroxylation is 1. The Balaban J connectivity index is 1.72. The molecule has 2 N–H and O–H groups in total. The Morgan fingerprint density at radius 1 is 1.21 bits per heavy atom. The van der Waals surface area contributed by atoms with E-state index in [0.717, 1.165) is 29.5 Å². The third-order valence-corrected chi connectivity index (χ3v) is 4.52. The van der Waals surface area contributed by atoms with E-state index in [0.29, 0.717) is 5.56 Å². The summed E-state index contributed by atoms with van der Waals surface area (Å²) in [7, 11) is 0.